The van der Waals surface area contributed by atoms with Crippen LogP contribution in [0.3, 0.4) is 0 Å². The van der Waals surface area contributed by atoms with Crippen molar-refractivity contribution < 1.29 is 5.21 Å². The molecule has 0 unspecified atom stereocenters. The second-order valence-electron chi connectivity index (χ2n) is 4.32. The number of aryl methyl sites for hydroxylation is 1. The SMILES string of the molecule is CCn1cnnc1CNCc1cccc(/C(N)=N/O)c1. The van der Waals surface area contributed by atoms with E-state index in [0.29, 0.717) is 18.7 Å². The first-order valence-corrected chi connectivity index (χ1v) is 6.38. The van der Waals surface area contributed by atoms with Crippen LogP contribution in [0.15, 0.2) is 35.7 Å². The van der Waals surface area contributed by atoms with Crippen molar-refractivity contribution in [2.75, 3.05) is 0 Å². The first kappa shape index (κ1) is 14.0. The third kappa shape index (κ3) is 3.33. The Bertz CT molecular complexity index is 592. The number of nitrogens with zero attached hydrogens (tertiary/aromatic N) is 4. The van der Waals surface area contributed by atoms with Crippen molar-refractivity contribution in [1.29, 1.82) is 0 Å². The summed E-state index contributed by atoms with van der Waals surface area (Å²) < 4.78 is 1.99. The number of rotatable bonds is 6. The van der Waals surface area contributed by atoms with E-state index in [9.17, 15) is 0 Å². The Morgan fingerprint density at radius 2 is 2.30 bits per heavy atom. The molecule has 1 aromatic carbocycles. The van der Waals surface area contributed by atoms with Crippen LogP contribution in [0.5, 0.6) is 0 Å². The molecular weight excluding hydrogens is 256 g/mol. The number of nitrogens with two attached hydrogens (primary N) is 1. The van der Waals surface area contributed by atoms with Gasteiger partial charge < -0.3 is 20.8 Å². The number of nitrogens with one attached hydrogen (secondary N) is 1. The highest BCUT2D eigenvalue weighted by Crippen LogP contribution is 2.05. The molecule has 2 rings (SSSR count). The predicted molar refractivity (Wildman–Crippen MR) is 75.2 cm³/mol. The molecule has 0 amide bonds. The first-order valence-electron chi connectivity index (χ1n) is 6.38. The predicted octanol–water partition coefficient (Wildman–Crippen LogP) is 0.682. The third-order valence-electron chi connectivity index (χ3n) is 2.98. The van der Waals surface area contributed by atoms with Gasteiger partial charge in [0.25, 0.3) is 0 Å². The zero-order valence-electron chi connectivity index (χ0n) is 11.3. The summed E-state index contributed by atoms with van der Waals surface area (Å²) in [4.78, 5) is 0. The smallest absolute Gasteiger partial charge is 0.170 e. The molecule has 0 radical (unpaired) electrons. The van der Waals surface area contributed by atoms with Gasteiger partial charge in [0.15, 0.2) is 5.84 Å². The standard InChI is InChI=1S/C13H18N6O/c1-2-19-9-16-17-12(19)8-15-7-10-4-3-5-11(6-10)13(14)18-20/h3-6,9,15,20H,2,7-8H2,1H3,(H2,14,18). The molecule has 0 aliphatic rings. The second-order valence-corrected chi connectivity index (χ2v) is 4.32. The van der Waals surface area contributed by atoms with Gasteiger partial charge in [0, 0.05) is 18.7 Å². The van der Waals surface area contributed by atoms with E-state index < -0.39 is 0 Å². The van der Waals surface area contributed by atoms with E-state index in [1.54, 1.807) is 12.4 Å². The lowest BCUT2D eigenvalue weighted by molar-refractivity contribution is 0.318. The van der Waals surface area contributed by atoms with E-state index in [-0.39, 0.29) is 5.84 Å². The van der Waals surface area contributed by atoms with Gasteiger partial charge in [-0.25, -0.2) is 0 Å². The van der Waals surface area contributed by atoms with E-state index in [4.69, 9.17) is 10.9 Å². The molecule has 0 atom stereocenters. The average Bonchev–Trinajstić information content (AvgIpc) is 2.94. The zero-order valence-corrected chi connectivity index (χ0v) is 11.3. The van der Waals surface area contributed by atoms with Crippen LogP contribution in [0.1, 0.15) is 23.9 Å². The van der Waals surface area contributed by atoms with E-state index in [2.05, 4.69) is 20.7 Å². The Kier molecular flexibility index (Phi) is 4.67. The molecule has 106 valence electrons. The molecule has 0 saturated carbocycles. The Hall–Kier alpha value is -2.41. The molecule has 1 aromatic heterocycles. The maximum absolute atomic E-state index is 8.67. The van der Waals surface area contributed by atoms with Gasteiger partial charge in [0.2, 0.25) is 0 Å². The van der Waals surface area contributed by atoms with Gasteiger partial charge in [0.1, 0.15) is 12.2 Å². The zero-order chi connectivity index (χ0) is 14.4. The lowest BCUT2D eigenvalue weighted by atomic mass is 10.1. The molecule has 20 heavy (non-hydrogen) atoms. The number of hydrogen-bond donors (Lipinski definition) is 3. The van der Waals surface area contributed by atoms with Crippen LogP contribution in [0.2, 0.25) is 0 Å². The Morgan fingerprint density at radius 3 is 3.05 bits per heavy atom. The molecule has 2 aromatic rings. The van der Waals surface area contributed by atoms with Crippen molar-refractivity contribution in [2.24, 2.45) is 10.9 Å². The highest BCUT2D eigenvalue weighted by molar-refractivity contribution is 5.97. The Labute approximate surface area is 117 Å². The molecule has 0 saturated heterocycles. The molecule has 4 N–H and O–H groups in total. The van der Waals surface area contributed by atoms with Crippen molar-refractivity contribution in [2.45, 2.75) is 26.6 Å². The van der Waals surface area contributed by atoms with Gasteiger partial charge in [-0.1, -0.05) is 23.4 Å². The number of hydrogen-bond acceptors (Lipinski definition) is 5. The minimum Gasteiger partial charge on any atom is -0.409 e. The van der Waals surface area contributed by atoms with Crippen LogP contribution in [0.4, 0.5) is 0 Å². The quantitative estimate of drug-likeness (QED) is 0.311. The minimum absolute atomic E-state index is 0.109. The second kappa shape index (κ2) is 6.67. The average molecular weight is 274 g/mol. The molecule has 0 aliphatic heterocycles. The van der Waals surface area contributed by atoms with E-state index in [1.165, 1.54) is 0 Å². The lowest BCUT2D eigenvalue weighted by Crippen LogP contribution is -2.17. The minimum atomic E-state index is 0.109. The van der Waals surface area contributed by atoms with Crippen LogP contribution < -0.4 is 11.1 Å². The monoisotopic (exact) mass is 274 g/mol. The van der Waals surface area contributed by atoms with E-state index in [1.807, 2.05) is 29.7 Å². The lowest BCUT2D eigenvalue weighted by Gasteiger charge is -2.07. The molecular formula is C13H18N6O. The summed E-state index contributed by atoms with van der Waals surface area (Å²) in [6.07, 6.45) is 1.72. The summed E-state index contributed by atoms with van der Waals surface area (Å²) in [5.41, 5.74) is 7.32. The fourth-order valence-corrected chi connectivity index (χ4v) is 1.90. The summed E-state index contributed by atoms with van der Waals surface area (Å²) in [5.74, 6) is 1.01. The molecule has 0 aliphatic carbocycles. The third-order valence-corrected chi connectivity index (χ3v) is 2.98. The Morgan fingerprint density at radius 1 is 1.45 bits per heavy atom. The topological polar surface area (TPSA) is 101 Å². The molecule has 7 heteroatoms. The fraction of sp³-hybridized carbons (Fsp3) is 0.308. The van der Waals surface area contributed by atoms with Crippen LogP contribution in [0, 0.1) is 0 Å². The van der Waals surface area contributed by atoms with Gasteiger partial charge in [-0.15, -0.1) is 10.2 Å². The van der Waals surface area contributed by atoms with E-state index >= 15 is 0 Å². The summed E-state index contributed by atoms with van der Waals surface area (Å²) in [5, 5.41) is 22.9. The molecule has 0 bridgehead atoms. The summed E-state index contributed by atoms with van der Waals surface area (Å²) in [6.45, 7) is 4.21. The molecule has 0 fully saturated rings. The summed E-state index contributed by atoms with van der Waals surface area (Å²) in [7, 11) is 0. The highest BCUT2D eigenvalue weighted by Gasteiger charge is 2.03. The largest absolute Gasteiger partial charge is 0.409 e. The van der Waals surface area contributed by atoms with Gasteiger partial charge >= 0.3 is 0 Å². The fourth-order valence-electron chi connectivity index (χ4n) is 1.90. The number of amidine groups is 1. The van der Waals surface area contributed by atoms with Crippen molar-refractivity contribution in [1.82, 2.24) is 20.1 Å². The van der Waals surface area contributed by atoms with Crippen molar-refractivity contribution in [3.63, 3.8) is 0 Å². The van der Waals surface area contributed by atoms with Crippen molar-refractivity contribution in [3.8, 4) is 0 Å². The van der Waals surface area contributed by atoms with Crippen LogP contribution in [0.25, 0.3) is 0 Å². The first-order chi connectivity index (χ1) is 9.74. The molecule has 7 nitrogen and oxygen atoms in total. The maximum Gasteiger partial charge on any atom is 0.170 e. The van der Waals surface area contributed by atoms with E-state index in [0.717, 1.165) is 17.9 Å². The van der Waals surface area contributed by atoms with Gasteiger partial charge in [-0.2, -0.15) is 0 Å². The van der Waals surface area contributed by atoms with Crippen molar-refractivity contribution in [3.05, 3.63) is 47.5 Å². The molecule has 0 spiro atoms. The van der Waals surface area contributed by atoms with Crippen LogP contribution in [-0.2, 0) is 19.6 Å². The Balaban J connectivity index is 1.94. The normalized spacial score (nSPS) is 11.8. The number of benzene rings is 1. The summed E-state index contributed by atoms with van der Waals surface area (Å²) >= 11 is 0. The van der Waals surface area contributed by atoms with Crippen LogP contribution >= 0.6 is 0 Å². The number of aromatic nitrogens is 3. The highest BCUT2D eigenvalue weighted by atomic mass is 16.4. The maximum atomic E-state index is 8.67. The van der Waals surface area contributed by atoms with Crippen molar-refractivity contribution >= 4 is 5.84 Å². The summed E-state index contributed by atoms with van der Waals surface area (Å²) in [6, 6.07) is 7.53. The van der Waals surface area contributed by atoms with Gasteiger partial charge in [-0.3, -0.25) is 0 Å². The van der Waals surface area contributed by atoms with Gasteiger partial charge in [-0.05, 0) is 18.6 Å². The van der Waals surface area contributed by atoms with Gasteiger partial charge in [0.05, 0.1) is 6.54 Å². The molecule has 1 heterocycles. The van der Waals surface area contributed by atoms with Crippen LogP contribution in [-0.4, -0.2) is 25.8 Å². The number of oxime groups is 1.